The fourth-order valence-electron chi connectivity index (χ4n) is 4.54. The molecule has 0 aliphatic carbocycles. The van der Waals surface area contributed by atoms with E-state index in [0.717, 1.165) is 65.6 Å². The maximum atomic E-state index is 14.8. The molecule has 0 aliphatic rings. The van der Waals surface area contributed by atoms with Gasteiger partial charge in [-0.05, 0) is 60.9 Å². The zero-order chi connectivity index (χ0) is 25.5. The molecule has 7 heteroatoms. The van der Waals surface area contributed by atoms with E-state index in [1.165, 1.54) is 11.7 Å². The van der Waals surface area contributed by atoms with Gasteiger partial charge in [0.1, 0.15) is 22.7 Å². The third kappa shape index (κ3) is 4.52. The van der Waals surface area contributed by atoms with Gasteiger partial charge in [-0.1, -0.05) is 49.7 Å². The predicted molar refractivity (Wildman–Crippen MR) is 154 cm³/mol. The van der Waals surface area contributed by atoms with E-state index in [2.05, 4.69) is 27.8 Å². The van der Waals surface area contributed by atoms with Crippen molar-refractivity contribution in [1.82, 2.24) is 8.75 Å². The molecule has 0 bridgehead atoms. The summed E-state index contributed by atoms with van der Waals surface area (Å²) < 4.78 is 38.6. The molecule has 37 heavy (non-hydrogen) atoms. The molecular formula is C30H22F2N2S3. The summed E-state index contributed by atoms with van der Waals surface area (Å²) in [6.45, 7) is 3.98. The zero-order valence-corrected chi connectivity index (χ0v) is 22.7. The summed E-state index contributed by atoms with van der Waals surface area (Å²) in [5.74, 6) is -0.400. The van der Waals surface area contributed by atoms with Crippen molar-refractivity contribution in [1.29, 1.82) is 0 Å². The van der Waals surface area contributed by atoms with E-state index >= 15 is 0 Å². The number of aryl methyl sites for hydroxylation is 2. The lowest BCUT2D eigenvalue weighted by Crippen LogP contribution is -1.87. The molecule has 0 saturated heterocycles. The molecule has 0 aliphatic heterocycles. The van der Waals surface area contributed by atoms with Crippen LogP contribution in [0.15, 0.2) is 72.8 Å². The number of rotatable bonds is 6. The summed E-state index contributed by atoms with van der Waals surface area (Å²) in [6, 6.07) is 22.9. The number of halogens is 2. The van der Waals surface area contributed by atoms with E-state index in [1.807, 2.05) is 55.5 Å². The number of hydrogen-bond acceptors (Lipinski definition) is 5. The molecule has 0 atom stereocenters. The van der Waals surface area contributed by atoms with E-state index < -0.39 is 0 Å². The molecule has 0 saturated carbocycles. The molecule has 3 aromatic carbocycles. The first kappa shape index (κ1) is 24.1. The maximum absolute atomic E-state index is 14.8. The van der Waals surface area contributed by atoms with Gasteiger partial charge >= 0.3 is 0 Å². The van der Waals surface area contributed by atoms with Crippen molar-refractivity contribution < 1.29 is 8.78 Å². The fraction of sp³-hybridized carbons (Fsp3) is 0.133. The molecule has 6 rings (SSSR count). The standard InChI is InChI=1S/C30H22F2N2S3/c1-3-4-18-6-8-20(24(32)16-18)26-12-14-28(36-26)22-10-9-21(29-30(22)34-37-33-29)27-13-11-25(35-27)19-7-5-17(2)15-23(19)31/h5-16H,3-4H2,1-2H3. The first-order chi connectivity index (χ1) is 18.0. The molecule has 0 fully saturated rings. The van der Waals surface area contributed by atoms with Crippen molar-refractivity contribution in [2.75, 3.05) is 0 Å². The topological polar surface area (TPSA) is 25.8 Å². The van der Waals surface area contributed by atoms with Crippen molar-refractivity contribution in [3.05, 3.63) is 95.6 Å². The van der Waals surface area contributed by atoms with Gasteiger partial charge in [-0.25, -0.2) is 8.78 Å². The van der Waals surface area contributed by atoms with Gasteiger partial charge in [0.2, 0.25) is 0 Å². The van der Waals surface area contributed by atoms with Gasteiger partial charge in [0.05, 0.1) is 11.7 Å². The molecule has 0 N–H and O–H groups in total. The minimum atomic E-state index is -0.214. The zero-order valence-electron chi connectivity index (χ0n) is 20.2. The Kier molecular flexibility index (Phi) is 6.44. The molecule has 3 aromatic heterocycles. The van der Waals surface area contributed by atoms with E-state index in [0.29, 0.717) is 11.1 Å². The third-order valence-corrected chi connectivity index (χ3v) is 9.22. The van der Waals surface area contributed by atoms with E-state index in [9.17, 15) is 8.78 Å². The molecule has 2 nitrogen and oxygen atoms in total. The van der Waals surface area contributed by atoms with Gasteiger partial charge in [-0.3, -0.25) is 0 Å². The Hall–Kier alpha value is -3.26. The highest BCUT2D eigenvalue weighted by Gasteiger charge is 2.18. The Bertz CT molecular complexity index is 1750. The lowest BCUT2D eigenvalue weighted by molar-refractivity contribution is 0.629. The first-order valence-electron chi connectivity index (χ1n) is 12.0. The summed E-state index contributed by atoms with van der Waals surface area (Å²) in [5, 5.41) is 0. The molecular weight excluding hydrogens is 523 g/mol. The average Bonchev–Trinajstić information content (AvgIpc) is 3.65. The van der Waals surface area contributed by atoms with Crippen molar-refractivity contribution in [2.24, 2.45) is 0 Å². The minimum absolute atomic E-state index is 0.186. The van der Waals surface area contributed by atoms with Crippen molar-refractivity contribution in [3.63, 3.8) is 0 Å². The maximum Gasteiger partial charge on any atom is 0.132 e. The first-order valence-corrected chi connectivity index (χ1v) is 14.4. The molecule has 0 unspecified atom stereocenters. The quantitative estimate of drug-likeness (QED) is 0.208. The van der Waals surface area contributed by atoms with Crippen molar-refractivity contribution >= 4 is 45.4 Å². The highest BCUT2D eigenvalue weighted by Crippen LogP contribution is 2.43. The predicted octanol–water partition coefficient (Wildman–Crippen LogP) is 10.0. The number of hydrogen-bond donors (Lipinski definition) is 0. The summed E-state index contributed by atoms with van der Waals surface area (Å²) in [6.07, 6.45) is 1.87. The number of thiophene rings is 2. The van der Waals surface area contributed by atoms with Gasteiger partial charge in [-0.2, -0.15) is 8.75 Å². The van der Waals surface area contributed by atoms with Gasteiger partial charge in [0.25, 0.3) is 0 Å². The second-order valence-electron chi connectivity index (χ2n) is 9.00. The molecule has 184 valence electrons. The van der Waals surface area contributed by atoms with Gasteiger partial charge in [0, 0.05) is 41.8 Å². The SMILES string of the molecule is CCCc1ccc(-c2ccc(-c3ccc(-c4ccc(-c5ccc(C)cc5F)s4)c4nsnc34)s2)c(F)c1. The summed E-state index contributed by atoms with van der Waals surface area (Å²) in [5.41, 5.74) is 6.75. The van der Waals surface area contributed by atoms with Gasteiger partial charge in [-0.15, -0.1) is 22.7 Å². The number of nitrogens with zero attached hydrogens (tertiary/aromatic N) is 2. The Morgan fingerprint density at radius 2 is 1.11 bits per heavy atom. The van der Waals surface area contributed by atoms with Crippen LogP contribution in [-0.4, -0.2) is 8.75 Å². The molecule has 6 aromatic rings. The minimum Gasteiger partial charge on any atom is -0.206 e. The van der Waals surface area contributed by atoms with Crippen LogP contribution in [-0.2, 0) is 6.42 Å². The number of aromatic nitrogens is 2. The van der Waals surface area contributed by atoms with Crippen LogP contribution in [0.4, 0.5) is 8.78 Å². The average molecular weight is 545 g/mol. The summed E-state index contributed by atoms with van der Waals surface area (Å²) >= 11 is 4.28. The summed E-state index contributed by atoms with van der Waals surface area (Å²) in [4.78, 5) is 3.80. The van der Waals surface area contributed by atoms with Gasteiger partial charge in [0.15, 0.2) is 0 Å². The lowest BCUT2D eigenvalue weighted by atomic mass is 10.1. The Morgan fingerprint density at radius 1 is 0.622 bits per heavy atom. The third-order valence-electron chi connectivity index (χ3n) is 6.39. The smallest absolute Gasteiger partial charge is 0.132 e. The lowest BCUT2D eigenvalue weighted by Gasteiger charge is -2.05. The van der Waals surface area contributed by atoms with Crippen LogP contribution in [0.5, 0.6) is 0 Å². The van der Waals surface area contributed by atoms with Crippen LogP contribution in [0.1, 0.15) is 24.5 Å². The molecule has 0 radical (unpaired) electrons. The highest BCUT2D eigenvalue weighted by molar-refractivity contribution is 7.19. The van der Waals surface area contributed by atoms with E-state index in [1.54, 1.807) is 34.8 Å². The van der Waals surface area contributed by atoms with Crippen LogP contribution in [0, 0.1) is 18.6 Å². The number of fused-ring (bicyclic) bond motifs is 1. The molecule has 3 heterocycles. The van der Waals surface area contributed by atoms with Crippen LogP contribution in [0.3, 0.4) is 0 Å². The number of benzene rings is 3. The van der Waals surface area contributed by atoms with Crippen LogP contribution >= 0.6 is 34.4 Å². The van der Waals surface area contributed by atoms with E-state index in [-0.39, 0.29) is 11.6 Å². The van der Waals surface area contributed by atoms with Crippen LogP contribution in [0.2, 0.25) is 0 Å². The second kappa shape index (κ2) is 9.89. The highest BCUT2D eigenvalue weighted by atomic mass is 32.1. The Labute approximate surface area is 226 Å². The van der Waals surface area contributed by atoms with Crippen LogP contribution < -0.4 is 0 Å². The van der Waals surface area contributed by atoms with Crippen molar-refractivity contribution in [3.8, 4) is 41.8 Å². The normalized spacial score (nSPS) is 11.5. The second-order valence-corrected chi connectivity index (χ2v) is 11.7. The fourth-order valence-corrected chi connectivity index (χ4v) is 7.23. The van der Waals surface area contributed by atoms with Gasteiger partial charge < -0.3 is 0 Å². The van der Waals surface area contributed by atoms with E-state index in [4.69, 9.17) is 0 Å². The van der Waals surface area contributed by atoms with Crippen molar-refractivity contribution in [2.45, 2.75) is 26.7 Å². The van der Waals surface area contributed by atoms with Crippen LogP contribution in [0.25, 0.3) is 52.8 Å². The summed E-state index contributed by atoms with van der Waals surface area (Å²) in [7, 11) is 0. The Morgan fingerprint density at radius 3 is 1.62 bits per heavy atom. The largest absolute Gasteiger partial charge is 0.206 e. The molecule has 0 spiro atoms. The monoisotopic (exact) mass is 544 g/mol. The Balaban J connectivity index is 1.36. The molecule has 0 amide bonds.